The SMILES string of the molecule is C=CC(=O)NC1COCC1Nc1ncc2c(n1)N(C)C(=O)N(c1c(Cl)c(OC(F)(F)F)cc(OC(F)(F)F)c1Cl)C2.C=CC(=O)N[C@H]1CCCC[C@H]1Nc1ncc2c(n1)N(C)C(=O)N(c1c(Cl)c(OC(F)(F)F)cc(OC(F)(F)F)c1Cl)C2.C=CC(=O)Nc1c(Nc2ncc3c(n2)N(C)C(=O)N(c2c(Cl)c(OC)cc(OC)c2Cl)C3)c(=O)c1=O. The number of urea groups is 3. The van der Waals surface area contributed by atoms with Crippen LogP contribution >= 0.6 is 69.6 Å². The lowest BCUT2D eigenvalue weighted by atomic mass is 9.90. The molecular weight excluding hydrogens is 1750 g/mol. The first-order valence-corrected chi connectivity index (χ1v) is 36.0. The first-order chi connectivity index (χ1) is 55.8. The fourth-order valence-corrected chi connectivity index (χ4v) is 14.2. The van der Waals surface area contributed by atoms with Gasteiger partial charge in [0.05, 0.1) is 76.2 Å². The van der Waals surface area contributed by atoms with Gasteiger partial charge in [0.25, 0.3) is 10.9 Å². The van der Waals surface area contributed by atoms with Gasteiger partial charge in [-0.15, -0.1) is 52.7 Å². The van der Waals surface area contributed by atoms with Crippen LogP contribution in [0.1, 0.15) is 42.4 Å². The van der Waals surface area contributed by atoms with E-state index in [2.05, 4.69) is 100 Å². The average molecular weight is 1810 g/mol. The Morgan fingerprint density at radius 3 is 1.13 bits per heavy atom. The number of fused-ring (bicyclic) bond motifs is 3. The first kappa shape index (κ1) is 89.8. The van der Waals surface area contributed by atoms with Gasteiger partial charge in [-0.1, -0.05) is 102 Å². The van der Waals surface area contributed by atoms with Crippen LogP contribution in [0.5, 0.6) is 34.5 Å². The van der Waals surface area contributed by atoms with Crippen LogP contribution in [0.2, 0.25) is 30.1 Å². The summed E-state index contributed by atoms with van der Waals surface area (Å²) in [5, 5.41) is 13.2. The predicted molar refractivity (Wildman–Crippen MR) is 407 cm³/mol. The molecule has 6 N–H and O–H groups in total. The molecule has 1 saturated carbocycles. The third-order valence-electron chi connectivity index (χ3n) is 17.6. The van der Waals surface area contributed by atoms with E-state index in [0.29, 0.717) is 18.4 Å². The summed E-state index contributed by atoms with van der Waals surface area (Å²) < 4.78 is 187. The van der Waals surface area contributed by atoms with Crippen molar-refractivity contribution in [3.63, 3.8) is 0 Å². The fraction of sp³-hybridized carbons (Fsp3) is 0.324. The van der Waals surface area contributed by atoms with Gasteiger partial charge in [0, 0.05) is 86.7 Å². The summed E-state index contributed by atoms with van der Waals surface area (Å²) >= 11 is 37.3. The molecule has 4 aliphatic heterocycles. The highest BCUT2D eigenvalue weighted by Crippen LogP contribution is 2.53. The highest BCUT2D eigenvalue weighted by Gasteiger charge is 2.45. The van der Waals surface area contributed by atoms with Crippen molar-refractivity contribution in [1.29, 1.82) is 0 Å². The van der Waals surface area contributed by atoms with Crippen molar-refractivity contribution < 1.29 is 115 Å². The number of anilines is 11. The quantitative estimate of drug-likeness (QED) is 0.0221. The normalized spacial score (nSPS) is 17.3. The van der Waals surface area contributed by atoms with Crippen molar-refractivity contribution >= 4 is 169 Å². The maximum absolute atomic E-state index is 13.4. The van der Waals surface area contributed by atoms with Crippen LogP contribution in [-0.4, -0.2) is 164 Å². The van der Waals surface area contributed by atoms with Gasteiger partial charge in [0.15, 0.2) is 23.0 Å². The number of carbonyl (C=O) groups excluding carboxylic acids is 6. The van der Waals surface area contributed by atoms with E-state index in [4.69, 9.17) is 83.8 Å². The van der Waals surface area contributed by atoms with Gasteiger partial charge in [-0.05, 0) is 31.1 Å². The summed E-state index contributed by atoms with van der Waals surface area (Å²) in [5.41, 5.74) is -2.36. The second-order valence-corrected chi connectivity index (χ2v) is 27.5. The zero-order valence-electron chi connectivity index (χ0n) is 61.3. The van der Waals surface area contributed by atoms with E-state index in [9.17, 15) is 91.0 Å². The lowest BCUT2D eigenvalue weighted by molar-refractivity contribution is -0.278. The maximum Gasteiger partial charge on any atom is 0.573 e. The van der Waals surface area contributed by atoms with Crippen molar-refractivity contribution in [2.75, 3.05) is 99.2 Å². The lowest BCUT2D eigenvalue weighted by Crippen LogP contribution is -2.48. The summed E-state index contributed by atoms with van der Waals surface area (Å²) in [5.74, 6) is -5.49. The van der Waals surface area contributed by atoms with Crippen LogP contribution in [0.4, 0.5) is 131 Å². The number of hydrogen-bond donors (Lipinski definition) is 6. The lowest BCUT2D eigenvalue weighted by Gasteiger charge is -2.36. The number of aromatic nitrogens is 6. The van der Waals surface area contributed by atoms with E-state index >= 15 is 0 Å². The van der Waals surface area contributed by atoms with Crippen molar-refractivity contribution in [2.24, 2.45) is 0 Å². The third-order valence-corrected chi connectivity index (χ3v) is 19.8. The molecule has 7 heterocycles. The van der Waals surface area contributed by atoms with E-state index in [-0.39, 0.29) is 135 Å². The second-order valence-electron chi connectivity index (χ2n) is 25.2. The molecule has 9 amide bonds. The monoisotopic (exact) mass is 1800 g/mol. The molecule has 5 aliphatic rings. The molecule has 0 radical (unpaired) electrons. The molecule has 4 atom stereocenters. The zero-order chi connectivity index (χ0) is 87.6. The first-order valence-electron chi connectivity index (χ1n) is 33.7. The topological polar surface area (TPSA) is 370 Å². The van der Waals surface area contributed by atoms with Crippen LogP contribution in [0.15, 0.2) is 84.3 Å². The van der Waals surface area contributed by atoms with Gasteiger partial charge in [0.1, 0.15) is 70.5 Å². The predicted octanol–water partition coefficient (Wildman–Crippen LogP) is 13.7. The van der Waals surface area contributed by atoms with E-state index < -0.39 is 146 Å². The minimum Gasteiger partial charge on any atom is -0.495 e. The molecule has 3 aromatic heterocycles. The van der Waals surface area contributed by atoms with Gasteiger partial charge in [0.2, 0.25) is 35.6 Å². The molecular formula is C68H58Cl6F12N18O15. The number of carbonyl (C=O) groups is 6. The van der Waals surface area contributed by atoms with Crippen molar-refractivity contribution in [3.8, 4) is 34.5 Å². The smallest absolute Gasteiger partial charge is 0.495 e. The number of methoxy groups -OCH3 is 2. The number of nitrogens with zero attached hydrogens (tertiary/aromatic N) is 12. The van der Waals surface area contributed by atoms with Gasteiger partial charge >= 0.3 is 43.5 Å². The Morgan fingerprint density at radius 1 is 0.454 bits per heavy atom. The zero-order valence-corrected chi connectivity index (χ0v) is 65.8. The molecule has 1 saturated heterocycles. The summed E-state index contributed by atoms with van der Waals surface area (Å²) in [6.45, 7) is 9.66. The number of rotatable bonds is 21. The summed E-state index contributed by atoms with van der Waals surface area (Å²) in [7, 11) is 6.86. The maximum atomic E-state index is 13.4. The van der Waals surface area contributed by atoms with Crippen molar-refractivity contribution in [3.05, 3.63) is 142 Å². The van der Waals surface area contributed by atoms with E-state index in [1.165, 1.54) is 69.8 Å². The minimum absolute atomic E-state index is 0.00923. The van der Waals surface area contributed by atoms with Crippen LogP contribution < -0.4 is 101 Å². The Hall–Kier alpha value is -11.5. The molecule has 51 heteroatoms. The van der Waals surface area contributed by atoms with Gasteiger partial charge in [-0.3, -0.25) is 53.4 Å². The van der Waals surface area contributed by atoms with Crippen molar-refractivity contribution in [2.45, 2.75) is 94.9 Å². The molecule has 7 aromatic rings. The van der Waals surface area contributed by atoms with E-state index in [0.717, 1.165) is 50.7 Å². The summed E-state index contributed by atoms with van der Waals surface area (Å²) in [6.07, 6.45) is -11.0. The highest BCUT2D eigenvalue weighted by atomic mass is 35.5. The minimum atomic E-state index is -5.35. The molecule has 12 rings (SSSR count). The molecule has 0 spiro atoms. The van der Waals surface area contributed by atoms with Crippen LogP contribution in [0.3, 0.4) is 0 Å². The number of benzene rings is 3. The van der Waals surface area contributed by atoms with E-state index in [1.54, 1.807) is 0 Å². The van der Waals surface area contributed by atoms with Crippen molar-refractivity contribution in [1.82, 2.24) is 40.5 Å². The molecule has 0 bridgehead atoms. The largest absolute Gasteiger partial charge is 0.573 e. The number of halogens is 18. The standard InChI is InChI=1S/C24H22Cl2F6N6O4.C22H18Cl2F6N6O5.C22H18Cl2N6O6/c1-3-16(39)34-12-6-4-5-7-13(12)35-21-33-9-11-10-38(22(40)37(2)20(11)36-21)19-17(25)14(41-23(27,28)29)8-15(18(19)26)42-24(30,31)32;1-3-14(37)32-10-7-39-8-11(10)33-19-31-5-9-6-36(20(38)35(2)18(9)34-19)17-15(23)12(40-21(25,26)27)4-13(16(17)24)41-22(28,29)30;1-5-12(31)26-15-16(19(33)18(15)32)27-21-25-7-9-8-30(22(34)29(2)20(9)28-21)17-13(23)10(35-3)6-11(36-4)14(17)24/h3,8-9,12-13H,1,4-7,10H2,2H3,(H,34,39)(H,33,35,36);3-5,10-11H,1,6-8H2,2H3,(H,32,37)(H,31,33,34);5-7H,1,8H2,2-4H3,(H,26,31)(H,25,27,28)/t12-,13+;;/m0../s1. The van der Waals surface area contributed by atoms with Gasteiger partial charge in [-0.25, -0.2) is 29.3 Å². The Morgan fingerprint density at radius 2 is 0.765 bits per heavy atom. The Kier molecular flexibility index (Phi) is 27.1. The average Bonchev–Trinajstić information content (AvgIpc) is 1.04. The molecule has 4 aromatic carbocycles. The molecule has 33 nitrogen and oxygen atoms in total. The Balaban J connectivity index is 0.000000188. The molecule has 636 valence electrons. The summed E-state index contributed by atoms with van der Waals surface area (Å²) in [6, 6.07) is -1.84. The number of alkyl halides is 12. The Labute approximate surface area is 691 Å². The van der Waals surface area contributed by atoms with Crippen LogP contribution in [-0.2, 0) is 38.8 Å². The molecule has 2 fully saturated rings. The van der Waals surface area contributed by atoms with Gasteiger partial charge < -0.3 is 65.1 Å². The number of ether oxygens (including phenoxy) is 7. The number of nitrogens with one attached hydrogen (secondary N) is 6. The van der Waals surface area contributed by atoms with Crippen LogP contribution in [0.25, 0.3) is 0 Å². The third kappa shape index (κ3) is 20.4. The highest BCUT2D eigenvalue weighted by molar-refractivity contribution is 6.44. The molecule has 119 heavy (non-hydrogen) atoms. The molecule has 1 aliphatic carbocycles. The summed E-state index contributed by atoms with van der Waals surface area (Å²) in [4.78, 5) is 130. The van der Waals surface area contributed by atoms with E-state index in [1.807, 2.05) is 0 Å². The fourth-order valence-electron chi connectivity index (χ4n) is 12.2. The van der Waals surface area contributed by atoms with Crippen LogP contribution in [0, 0.1) is 0 Å². The molecule has 2 unspecified atom stereocenters. The number of amides is 9. The Bertz CT molecular complexity index is 5180. The number of hydrogen-bond acceptors (Lipinski definition) is 24. The second kappa shape index (κ2) is 36.0. The van der Waals surface area contributed by atoms with Gasteiger partial charge in [-0.2, -0.15) is 15.0 Å².